The summed E-state index contributed by atoms with van der Waals surface area (Å²) in [6.45, 7) is 7.49. The molecule has 4 rings (SSSR count). The zero-order chi connectivity index (χ0) is 31.9. The average molecular weight is 632 g/mol. The lowest BCUT2D eigenvalue weighted by molar-refractivity contribution is -0.140. The summed E-state index contributed by atoms with van der Waals surface area (Å²) < 4.78 is 29.4. The van der Waals surface area contributed by atoms with Gasteiger partial charge >= 0.3 is 0 Å². The van der Waals surface area contributed by atoms with Gasteiger partial charge in [0.1, 0.15) is 12.6 Å². The number of hydrogen-bond acceptors (Lipinski definition) is 4. The van der Waals surface area contributed by atoms with Crippen LogP contribution in [0.1, 0.15) is 34.7 Å². The SMILES string of the molecule is CCNC(=O)[C@@H](Cc1ccccc1)N(Cc1ccc(Cl)cc1)C(=O)CN(c1ccc(C)c(C)c1)S(=O)(=O)c1ccc(C)cc1. The average Bonchev–Trinajstić information content (AvgIpc) is 3.00. The summed E-state index contributed by atoms with van der Waals surface area (Å²) in [6.07, 6.45) is 0.250. The first kappa shape index (κ1) is 32.8. The molecule has 0 spiro atoms. The van der Waals surface area contributed by atoms with Gasteiger partial charge in [-0.05, 0) is 86.3 Å². The number of carbonyl (C=O) groups excluding carboxylic acids is 2. The Morgan fingerprint density at radius 3 is 2.09 bits per heavy atom. The first-order valence-electron chi connectivity index (χ1n) is 14.5. The van der Waals surface area contributed by atoms with Crippen molar-refractivity contribution in [3.63, 3.8) is 0 Å². The van der Waals surface area contributed by atoms with Crippen LogP contribution in [0.4, 0.5) is 5.69 Å². The van der Waals surface area contributed by atoms with Crippen molar-refractivity contribution >= 4 is 39.1 Å². The second-order valence-electron chi connectivity index (χ2n) is 10.8. The number of aryl methyl sites for hydroxylation is 3. The predicted octanol–water partition coefficient (Wildman–Crippen LogP) is 6.24. The first-order chi connectivity index (χ1) is 21.0. The van der Waals surface area contributed by atoms with E-state index in [4.69, 9.17) is 11.6 Å². The van der Waals surface area contributed by atoms with E-state index in [-0.39, 0.29) is 23.8 Å². The predicted molar refractivity (Wildman–Crippen MR) is 176 cm³/mol. The van der Waals surface area contributed by atoms with Gasteiger partial charge in [0, 0.05) is 24.5 Å². The van der Waals surface area contributed by atoms with E-state index in [0.717, 1.165) is 32.1 Å². The third-order valence-corrected chi connectivity index (χ3v) is 9.59. The molecule has 0 aliphatic heterocycles. The molecule has 0 aromatic heterocycles. The number of hydrogen-bond donors (Lipinski definition) is 1. The van der Waals surface area contributed by atoms with Crippen LogP contribution in [0.25, 0.3) is 0 Å². The third-order valence-electron chi connectivity index (χ3n) is 7.55. The fourth-order valence-electron chi connectivity index (χ4n) is 4.88. The van der Waals surface area contributed by atoms with E-state index in [2.05, 4.69) is 5.32 Å². The van der Waals surface area contributed by atoms with E-state index in [9.17, 15) is 18.0 Å². The van der Waals surface area contributed by atoms with Gasteiger partial charge in [-0.2, -0.15) is 0 Å². The summed E-state index contributed by atoms with van der Waals surface area (Å²) in [4.78, 5) is 29.5. The minimum atomic E-state index is -4.15. The molecule has 1 atom stereocenters. The quantitative estimate of drug-likeness (QED) is 0.201. The molecule has 0 aliphatic rings. The van der Waals surface area contributed by atoms with Gasteiger partial charge in [0.15, 0.2) is 0 Å². The molecule has 1 N–H and O–H groups in total. The number of nitrogens with one attached hydrogen (secondary N) is 1. The summed E-state index contributed by atoms with van der Waals surface area (Å²) in [6, 6.07) is 27.4. The Morgan fingerprint density at radius 1 is 0.818 bits per heavy atom. The van der Waals surface area contributed by atoms with Gasteiger partial charge in [0.05, 0.1) is 10.6 Å². The topological polar surface area (TPSA) is 86.8 Å². The fraction of sp³-hybridized carbons (Fsp3) is 0.257. The number of benzene rings is 4. The molecule has 0 saturated heterocycles. The number of sulfonamides is 1. The van der Waals surface area contributed by atoms with Crippen molar-refractivity contribution in [3.05, 3.63) is 130 Å². The Kier molecular flexibility index (Phi) is 10.8. The summed E-state index contributed by atoms with van der Waals surface area (Å²) in [5, 5.41) is 3.41. The van der Waals surface area contributed by atoms with Crippen LogP contribution in [0.3, 0.4) is 0 Å². The van der Waals surface area contributed by atoms with Crippen LogP contribution in [-0.2, 0) is 32.6 Å². The molecule has 7 nitrogen and oxygen atoms in total. The van der Waals surface area contributed by atoms with Gasteiger partial charge in [-0.1, -0.05) is 77.8 Å². The van der Waals surface area contributed by atoms with Gasteiger partial charge in [-0.25, -0.2) is 8.42 Å². The molecule has 2 amide bonds. The smallest absolute Gasteiger partial charge is 0.264 e. The minimum Gasteiger partial charge on any atom is -0.355 e. The zero-order valence-electron chi connectivity index (χ0n) is 25.5. The molecule has 9 heteroatoms. The maximum Gasteiger partial charge on any atom is 0.264 e. The lowest BCUT2D eigenvalue weighted by atomic mass is 10.0. The monoisotopic (exact) mass is 631 g/mol. The van der Waals surface area contributed by atoms with Crippen LogP contribution in [0.2, 0.25) is 5.02 Å². The molecule has 44 heavy (non-hydrogen) atoms. The van der Waals surface area contributed by atoms with Crippen molar-refractivity contribution in [1.82, 2.24) is 10.2 Å². The van der Waals surface area contributed by atoms with E-state index in [1.165, 1.54) is 4.90 Å². The Hall–Kier alpha value is -4.14. The van der Waals surface area contributed by atoms with Crippen molar-refractivity contribution in [2.45, 2.75) is 51.6 Å². The summed E-state index contributed by atoms with van der Waals surface area (Å²) in [7, 11) is -4.15. The highest BCUT2D eigenvalue weighted by molar-refractivity contribution is 7.92. The Morgan fingerprint density at radius 2 is 1.48 bits per heavy atom. The zero-order valence-corrected chi connectivity index (χ0v) is 27.0. The lowest BCUT2D eigenvalue weighted by Gasteiger charge is -2.34. The normalized spacial score (nSPS) is 11.9. The van der Waals surface area contributed by atoms with E-state index in [1.54, 1.807) is 60.7 Å². The van der Waals surface area contributed by atoms with Gasteiger partial charge < -0.3 is 10.2 Å². The highest BCUT2D eigenvalue weighted by Gasteiger charge is 2.34. The molecule has 0 heterocycles. The first-order valence-corrected chi connectivity index (χ1v) is 16.3. The Bertz CT molecular complexity index is 1690. The number of anilines is 1. The van der Waals surface area contributed by atoms with E-state index >= 15 is 0 Å². The Labute approximate surface area is 265 Å². The molecule has 0 fully saturated rings. The number of carbonyl (C=O) groups is 2. The van der Waals surface area contributed by atoms with E-state index in [1.807, 2.05) is 64.1 Å². The maximum absolute atomic E-state index is 14.4. The summed E-state index contributed by atoms with van der Waals surface area (Å²) in [5.41, 5.74) is 4.79. The van der Waals surface area contributed by atoms with Crippen LogP contribution in [0.15, 0.2) is 102 Å². The lowest BCUT2D eigenvalue weighted by Crippen LogP contribution is -2.53. The highest BCUT2D eigenvalue weighted by Crippen LogP contribution is 2.27. The van der Waals surface area contributed by atoms with E-state index < -0.39 is 28.5 Å². The fourth-order valence-corrected chi connectivity index (χ4v) is 6.41. The van der Waals surface area contributed by atoms with Gasteiger partial charge in [0.25, 0.3) is 10.0 Å². The third kappa shape index (κ3) is 8.07. The standard InChI is InChI=1S/C35H38ClN3O4S/c1-5-37-35(41)33(22-28-9-7-6-8-10-28)38(23-29-14-16-30(36)17-15-29)34(40)24-39(31-18-13-26(3)27(4)21-31)44(42,43)32-19-11-25(2)12-20-32/h6-21,33H,5,22-24H2,1-4H3,(H,37,41)/t33-/m1/s1. The molecule has 0 radical (unpaired) electrons. The van der Waals surface area contributed by atoms with Gasteiger partial charge in [-0.15, -0.1) is 0 Å². The minimum absolute atomic E-state index is 0.0722. The second-order valence-corrected chi connectivity index (χ2v) is 13.1. The van der Waals surface area contributed by atoms with Crippen molar-refractivity contribution in [2.24, 2.45) is 0 Å². The molecular formula is C35H38ClN3O4S. The molecule has 0 saturated carbocycles. The van der Waals surface area contributed by atoms with Crippen LogP contribution in [0, 0.1) is 20.8 Å². The van der Waals surface area contributed by atoms with Crippen LogP contribution >= 0.6 is 11.6 Å². The van der Waals surface area contributed by atoms with E-state index in [0.29, 0.717) is 17.3 Å². The largest absolute Gasteiger partial charge is 0.355 e. The molecule has 0 aliphatic carbocycles. The summed E-state index contributed by atoms with van der Waals surface area (Å²) >= 11 is 6.13. The number of likely N-dealkylation sites (N-methyl/N-ethyl adjacent to an activating group) is 1. The highest BCUT2D eigenvalue weighted by atomic mass is 35.5. The van der Waals surface area contributed by atoms with Gasteiger partial charge in [0.2, 0.25) is 11.8 Å². The Balaban J connectivity index is 1.81. The molecule has 230 valence electrons. The number of amides is 2. The van der Waals surface area contributed by atoms with Gasteiger partial charge in [-0.3, -0.25) is 13.9 Å². The second kappa shape index (κ2) is 14.6. The van der Waals surface area contributed by atoms with Crippen molar-refractivity contribution in [2.75, 3.05) is 17.4 Å². The number of halogens is 1. The number of nitrogens with zero attached hydrogens (tertiary/aromatic N) is 2. The van der Waals surface area contributed by atoms with Crippen LogP contribution < -0.4 is 9.62 Å². The van der Waals surface area contributed by atoms with Crippen molar-refractivity contribution in [3.8, 4) is 0 Å². The molecule has 4 aromatic carbocycles. The summed E-state index contributed by atoms with van der Waals surface area (Å²) in [5.74, 6) is -0.834. The van der Waals surface area contributed by atoms with Crippen LogP contribution in [-0.4, -0.2) is 44.3 Å². The molecule has 4 aromatic rings. The van der Waals surface area contributed by atoms with Crippen molar-refractivity contribution < 1.29 is 18.0 Å². The van der Waals surface area contributed by atoms with Crippen molar-refractivity contribution in [1.29, 1.82) is 0 Å². The number of rotatable bonds is 12. The molecule has 0 bridgehead atoms. The molecular weight excluding hydrogens is 594 g/mol. The molecule has 0 unspecified atom stereocenters. The maximum atomic E-state index is 14.4. The van der Waals surface area contributed by atoms with Crippen LogP contribution in [0.5, 0.6) is 0 Å².